The van der Waals surface area contributed by atoms with E-state index in [0.717, 1.165) is 16.4 Å². The molecule has 3 aliphatic heterocycles. The van der Waals surface area contributed by atoms with E-state index in [4.69, 9.17) is 0 Å². The van der Waals surface area contributed by atoms with Crippen molar-refractivity contribution in [3.05, 3.63) is 34.7 Å². The SMILES string of the molecule is SC1=CC=C2N=CN=C3N=CC=C1N23. The van der Waals surface area contributed by atoms with Gasteiger partial charge in [-0.1, -0.05) is 0 Å². The summed E-state index contributed by atoms with van der Waals surface area (Å²) in [6, 6.07) is 0. The van der Waals surface area contributed by atoms with Crippen LogP contribution in [-0.2, 0) is 0 Å². The van der Waals surface area contributed by atoms with E-state index in [-0.39, 0.29) is 0 Å². The van der Waals surface area contributed by atoms with Crippen LogP contribution in [0.4, 0.5) is 0 Å². The lowest BCUT2D eigenvalue weighted by Gasteiger charge is -2.31. The van der Waals surface area contributed by atoms with Crippen LogP contribution in [0, 0.1) is 0 Å². The molecule has 68 valence electrons. The minimum Gasteiger partial charge on any atom is -0.262 e. The molecule has 0 aromatic rings. The molecule has 4 nitrogen and oxygen atoms in total. The smallest absolute Gasteiger partial charge is 0.237 e. The molecule has 0 bridgehead atoms. The first-order valence-electron chi connectivity index (χ1n) is 4.12. The average Bonchev–Trinajstić information content (AvgIpc) is 2.24. The minimum atomic E-state index is 0.642. The van der Waals surface area contributed by atoms with Crippen molar-refractivity contribution in [2.24, 2.45) is 15.0 Å². The number of rotatable bonds is 0. The van der Waals surface area contributed by atoms with Crippen LogP contribution in [0.25, 0.3) is 0 Å². The molecular weight excluding hydrogens is 196 g/mol. The van der Waals surface area contributed by atoms with E-state index in [1.807, 2.05) is 23.1 Å². The van der Waals surface area contributed by atoms with Gasteiger partial charge in [-0.2, -0.15) is 0 Å². The Balaban J connectivity index is 2.24. The maximum atomic E-state index is 4.37. The molecule has 3 rings (SSSR count). The van der Waals surface area contributed by atoms with Gasteiger partial charge in [-0.3, -0.25) is 4.90 Å². The molecule has 0 aromatic heterocycles. The van der Waals surface area contributed by atoms with E-state index in [1.165, 1.54) is 6.34 Å². The van der Waals surface area contributed by atoms with Gasteiger partial charge in [-0.15, -0.1) is 12.6 Å². The third-order valence-electron chi connectivity index (χ3n) is 2.11. The molecular formula is C9H6N4S. The Kier molecular flexibility index (Phi) is 1.49. The molecule has 0 saturated carbocycles. The summed E-state index contributed by atoms with van der Waals surface area (Å²) >= 11 is 4.37. The van der Waals surface area contributed by atoms with Gasteiger partial charge in [0.25, 0.3) is 0 Å². The maximum Gasteiger partial charge on any atom is 0.237 e. The van der Waals surface area contributed by atoms with E-state index in [2.05, 4.69) is 27.6 Å². The zero-order valence-electron chi connectivity index (χ0n) is 7.12. The predicted octanol–water partition coefficient (Wildman–Crippen LogP) is 1.32. The van der Waals surface area contributed by atoms with E-state index in [1.54, 1.807) is 6.21 Å². The quantitative estimate of drug-likeness (QED) is 0.591. The molecule has 3 aliphatic rings. The van der Waals surface area contributed by atoms with Crippen molar-refractivity contribution in [3.63, 3.8) is 0 Å². The highest BCUT2D eigenvalue weighted by Gasteiger charge is 2.27. The Morgan fingerprint density at radius 2 is 2.07 bits per heavy atom. The topological polar surface area (TPSA) is 40.3 Å². The molecule has 0 aliphatic carbocycles. The molecule has 0 fully saturated rings. The first kappa shape index (κ1) is 7.75. The molecule has 0 amide bonds. The highest BCUT2D eigenvalue weighted by atomic mass is 32.1. The standard InChI is InChI=1S/C9H6N4S/c14-7-1-2-8-11-5-12-9-10-4-3-6(7)13(8)9/h1-5,14H. The first-order valence-corrected chi connectivity index (χ1v) is 4.57. The summed E-state index contributed by atoms with van der Waals surface area (Å²) in [7, 11) is 0. The van der Waals surface area contributed by atoms with Crippen molar-refractivity contribution >= 4 is 31.1 Å². The number of nitrogens with zero attached hydrogens (tertiary/aromatic N) is 4. The average molecular weight is 202 g/mol. The molecule has 0 aromatic carbocycles. The Morgan fingerprint density at radius 3 is 3.00 bits per heavy atom. The minimum absolute atomic E-state index is 0.642. The third-order valence-corrected chi connectivity index (χ3v) is 2.49. The van der Waals surface area contributed by atoms with Crippen molar-refractivity contribution in [2.45, 2.75) is 0 Å². The zero-order valence-corrected chi connectivity index (χ0v) is 8.02. The molecule has 14 heavy (non-hydrogen) atoms. The van der Waals surface area contributed by atoms with E-state index >= 15 is 0 Å². The van der Waals surface area contributed by atoms with Gasteiger partial charge >= 0.3 is 0 Å². The lowest BCUT2D eigenvalue weighted by molar-refractivity contribution is 0.617. The van der Waals surface area contributed by atoms with Crippen LogP contribution in [0.5, 0.6) is 0 Å². The van der Waals surface area contributed by atoms with Crippen LogP contribution < -0.4 is 0 Å². The van der Waals surface area contributed by atoms with Gasteiger partial charge in [-0.05, 0) is 18.2 Å². The van der Waals surface area contributed by atoms with Crippen molar-refractivity contribution in [1.82, 2.24) is 4.90 Å². The molecule has 3 heterocycles. The van der Waals surface area contributed by atoms with Crippen LogP contribution in [0.2, 0.25) is 0 Å². The van der Waals surface area contributed by atoms with E-state index in [9.17, 15) is 0 Å². The van der Waals surface area contributed by atoms with Gasteiger partial charge in [-0.25, -0.2) is 15.0 Å². The van der Waals surface area contributed by atoms with E-state index < -0.39 is 0 Å². The number of hydrogen-bond acceptors (Lipinski definition) is 5. The third kappa shape index (κ3) is 0.927. The number of thiol groups is 1. The summed E-state index contributed by atoms with van der Waals surface area (Å²) in [4.78, 5) is 15.1. The molecule has 0 unspecified atom stereocenters. The number of guanidine groups is 1. The summed E-state index contributed by atoms with van der Waals surface area (Å²) in [5.74, 6) is 1.47. The summed E-state index contributed by atoms with van der Waals surface area (Å²) < 4.78 is 0. The monoisotopic (exact) mass is 202 g/mol. The van der Waals surface area contributed by atoms with Crippen LogP contribution in [-0.4, -0.2) is 23.4 Å². The van der Waals surface area contributed by atoms with Crippen LogP contribution in [0.15, 0.2) is 49.6 Å². The van der Waals surface area contributed by atoms with E-state index in [0.29, 0.717) is 5.96 Å². The van der Waals surface area contributed by atoms with Gasteiger partial charge in [0.05, 0.1) is 5.70 Å². The normalized spacial score (nSPS) is 22.2. The van der Waals surface area contributed by atoms with Gasteiger partial charge in [0.15, 0.2) is 0 Å². The fourth-order valence-electron chi connectivity index (χ4n) is 1.49. The maximum absolute atomic E-state index is 4.37. The van der Waals surface area contributed by atoms with Crippen LogP contribution in [0.1, 0.15) is 0 Å². The summed E-state index contributed by atoms with van der Waals surface area (Å²) in [5.41, 5.74) is 0.969. The highest BCUT2D eigenvalue weighted by Crippen LogP contribution is 2.31. The van der Waals surface area contributed by atoms with Gasteiger partial charge in [0.1, 0.15) is 12.2 Å². The lowest BCUT2D eigenvalue weighted by Crippen LogP contribution is -2.33. The van der Waals surface area contributed by atoms with Crippen LogP contribution in [0.3, 0.4) is 0 Å². The number of aliphatic imine (C=N–C) groups is 3. The van der Waals surface area contributed by atoms with Gasteiger partial charge in [0.2, 0.25) is 5.96 Å². The summed E-state index contributed by atoms with van der Waals surface area (Å²) in [6.45, 7) is 0. The molecule has 0 spiro atoms. The first-order chi connectivity index (χ1) is 6.86. The lowest BCUT2D eigenvalue weighted by atomic mass is 10.2. The van der Waals surface area contributed by atoms with Crippen molar-refractivity contribution < 1.29 is 0 Å². The van der Waals surface area contributed by atoms with Gasteiger partial charge in [0, 0.05) is 11.1 Å². The second-order valence-corrected chi connectivity index (χ2v) is 3.40. The fraction of sp³-hybridized carbons (Fsp3) is 0. The van der Waals surface area contributed by atoms with Crippen LogP contribution >= 0.6 is 12.6 Å². The van der Waals surface area contributed by atoms with Crippen molar-refractivity contribution in [2.75, 3.05) is 0 Å². The molecule has 0 saturated heterocycles. The Labute approximate surface area is 86.2 Å². The largest absolute Gasteiger partial charge is 0.262 e. The van der Waals surface area contributed by atoms with Crippen molar-refractivity contribution in [3.8, 4) is 0 Å². The number of allylic oxidation sites excluding steroid dienone is 3. The predicted molar refractivity (Wildman–Crippen MR) is 59.5 cm³/mol. The molecule has 0 N–H and O–H groups in total. The van der Waals surface area contributed by atoms with Crippen molar-refractivity contribution in [1.29, 1.82) is 0 Å². The molecule has 0 radical (unpaired) electrons. The molecule has 5 heteroatoms. The summed E-state index contributed by atoms with van der Waals surface area (Å²) in [5, 5.41) is 0. The Bertz CT molecular complexity index is 479. The Morgan fingerprint density at radius 1 is 1.14 bits per heavy atom. The fourth-order valence-corrected chi connectivity index (χ4v) is 1.73. The number of hydrogen-bond donors (Lipinski definition) is 1. The molecule has 0 atom stereocenters. The highest BCUT2D eigenvalue weighted by molar-refractivity contribution is 7.84. The summed E-state index contributed by atoms with van der Waals surface area (Å²) in [6.07, 6.45) is 8.93. The second kappa shape index (κ2) is 2.68. The zero-order chi connectivity index (χ0) is 9.54. The Hall–Kier alpha value is -1.62. The van der Waals surface area contributed by atoms with Gasteiger partial charge < -0.3 is 0 Å². The second-order valence-electron chi connectivity index (χ2n) is 2.92.